The van der Waals surface area contributed by atoms with Crippen molar-refractivity contribution in [3.05, 3.63) is 55.7 Å². The zero-order valence-corrected chi connectivity index (χ0v) is 18.9. The molecular formula is C22H20BrN5O2S. The summed E-state index contributed by atoms with van der Waals surface area (Å²) in [6.45, 7) is 1.03. The van der Waals surface area contributed by atoms with Gasteiger partial charge in [0, 0.05) is 40.1 Å². The van der Waals surface area contributed by atoms with Crippen molar-refractivity contribution in [3.8, 4) is 17.3 Å². The third kappa shape index (κ3) is 4.16. The molecule has 0 amide bonds. The molecule has 31 heavy (non-hydrogen) atoms. The highest BCUT2D eigenvalue weighted by Crippen LogP contribution is 2.29. The molecule has 3 aromatic rings. The van der Waals surface area contributed by atoms with Gasteiger partial charge in [0.05, 0.1) is 11.3 Å². The molecule has 0 bridgehead atoms. The minimum absolute atomic E-state index is 0.322. The predicted molar refractivity (Wildman–Crippen MR) is 124 cm³/mol. The Hall–Kier alpha value is -2.51. The van der Waals surface area contributed by atoms with Crippen molar-refractivity contribution < 1.29 is 4.42 Å². The smallest absolute Gasteiger partial charge is 0.345 e. The molecular weight excluding hydrogens is 478 g/mol. The molecule has 3 atom stereocenters. The van der Waals surface area contributed by atoms with Gasteiger partial charge in [-0.05, 0) is 49.4 Å². The van der Waals surface area contributed by atoms with Crippen LogP contribution in [0.4, 0.5) is 0 Å². The summed E-state index contributed by atoms with van der Waals surface area (Å²) in [6, 6.07) is 10.3. The van der Waals surface area contributed by atoms with Crippen LogP contribution in [-0.2, 0) is 0 Å². The van der Waals surface area contributed by atoms with E-state index in [0.29, 0.717) is 45.4 Å². The second-order valence-electron chi connectivity index (χ2n) is 7.91. The number of benzene rings is 1. The number of hydrogen-bond acceptors (Lipinski definition) is 8. The topological polar surface area (TPSA) is 103 Å². The van der Waals surface area contributed by atoms with E-state index in [1.54, 1.807) is 23.7 Å². The molecule has 0 radical (unpaired) electrons. The summed E-state index contributed by atoms with van der Waals surface area (Å²) in [4.78, 5) is 17.0. The fraction of sp³-hybridized carbons (Fsp3) is 0.318. The largest absolute Gasteiger partial charge is 0.422 e. The molecule has 7 nitrogen and oxygen atoms in total. The summed E-state index contributed by atoms with van der Waals surface area (Å²) < 4.78 is 6.34. The van der Waals surface area contributed by atoms with Gasteiger partial charge < -0.3 is 9.73 Å². The van der Waals surface area contributed by atoms with Crippen LogP contribution >= 0.6 is 27.3 Å². The van der Waals surface area contributed by atoms with Crippen molar-refractivity contribution in [1.29, 1.82) is 5.26 Å². The van der Waals surface area contributed by atoms with Gasteiger partial charge >= 0.3 is 5.63 Å². The van der Waals surface area contributed by atoms with E-state index in [1.807, 2.05) is 12.1 Å². The van der Waals surface area contributed by atoms with Crippen LogP contribution in [0.2, 0.25) is 0 Å². The van der Waals surface area contributed by atoms with Gasteiger partial charge in [0.2, 0.25) is 0 Å². The monoisotopic (exact) mass is 497 g/mol. The van der Waals surface area contributed by atoms with E-state index in [-0.39, 0.29) is 0 Å². The Morgan fingerprint density at radius 1 is 1.39 bits per heavy atom. The van der Waals surface area contributed by atoms with E-state index in [1.165, 1.54) is 11.3 Å². The highest BCUT2D eigenvalue weighted by atomic mass is 79.9. The molecule has 2 aromatic heterocycles. The van der Waals surface area contributed by atoms with Gasteiger partial charge in [0.1, 0.15) is 22.2 Å². The number of nitriles is 1. The normalized spacial score (nSPS) is 23.5. The zero-order valence-electron chi connectivity index (χ0n) is 16.5. The number of nitrogens with zero attached hydrogens (tertiary/aromatic N) is 2. The summed E-state index contributed by atoms with van der Waals surface area (Å²) in [7, 11) is 0. The Morgan fingerprint density at radius 3 is 3.16 bits per heavy atom. The van der Waals surface area contributed by atoms with Gasteiger partial charge in [-0.3, -0.25) is 10.9 Å². The molecule has 1 saturated heterocycles. The van der Waals surface area contributed by atoms with Crippen LogP contribution in [0, 0.1) is 17.2 Å². The summed E-state index contributed by atoms with van der Waals surface area (Å²) in [5.74, 6) is 0.688. The highest BCUT2D eigenvalue weighted by molar-refractivity contribution is 9.10. The van der Waals surface area contributed by atoms with Crippen LogP contribution < -0.4 is 21.8 Å². The molecule has 3 heterocycles. The maximum Gasteiger partial charge on any atom is 0.345 e. The number of fused-ring (bicyclic) bond motifs is 2. The fourth-order valence-corrected chi connectivity index (χ4v) is 5.43. The van der Waals surface area contributed by atoms with Crippen LogP contribution in [-0.4, -0.2) is 23.6 Å². The first-order chi connectivity index (χ1) is 15.1. The Bertz CT molecular complexity index is 1260. The third-order valence-electron chi connectivity index (χ3n) is 5.93. The molecule has 1 aliphatic carbocycles. The number of hydrogen-bond donors (Lipinski definition) is 3. The number of aromatic nitrogens is 1. The Balaban J connectivity index is 1.37. The average molecular weight is 498 g/mol. The maximum absolute atomic E-state index is 12.5. The quantitative estimate of drug-likeness (QED) is 0.372. The average Bonchev–Trinajstić information content (AvgIpc) is 3.43. The molecule has 3 unspecified atom stereocenters. The van der Waals surface area contributed by atoms with E-state index < -0.39 is 5.63 Å². The number of nitrogens with one attached hydrogen (secondary N) is 3. The summed E-state index contributed by atoms with van der Waals surface area (Å²) in [5, 5.41) is 16.2. The number of allylic oxidation sites excluding steroid dienone is 1. The Kier molecular flexibility index (Phi) is 5.63. The maximum atomic E-state index is 12.5. The van der Waals surface area contributed by atoms with Crippen LogP contribution in [0.3, 0.4) is 0 Å². The van der Waals surface area contributed by atoms with E-state index in [0.717, 1.165) is 35.7 Å². The number of hydrazine groups is 1. The first kappa shape index (κ1) is 20.4. The van der Waals surface area contributed by atoms with Crippen molar-refractivity contribution in [3.63, 3.8) is 0 Å². The molecule has 2 fully saturated rings. The Morgan fingerprint density at radius 2 is 2.29 bits per heavy atom. The summed E-state index contributed by atoms with van der Waals surface area (Å²) in [6.07, 6.45) is 5.02. The van der Waals surface area contributed by atoms with Gasteiger partial charge in [-0.25, -0.2) is 9.78 Å². The molecule has 2 aliphatic rings. The zero-order chi connectivity index (χ0) is 21.4. The SMILES string of the molecule is N#C/C(=C\NC1CCC2CNNC2C1)c1nc(-c2cc3cc(Br)ccc3oc2=O)cs1. The van der Waals surface area contributed by atoms with Gasteiger partial charge in [0.15, 0.2) is 0 Å². The second kappa shape index (κ2) is 8.55. The van der Waals surface area contributed by atoms with Crippen LogP contribution in [0.1, 0.15) is 24.3 Å². The predicted octanol–water partition coefficient (Wildman–Crippen LogP) is 3.78. The number of thiazole rings is 1. The lowest BCUT2D eigenvalue weighted by atomic mass is 9.83. The van der Waals surface area contributed by atoms with E-state index in [4.69, 9.17) is 4.42 Å². The lowest BCUT2D eigenvalue weighted by molar-refractivity contribution is 0.285. The third-order valence-corrected chi connectivity index (χ3v) is 7.30. The lowest BCUT2D eigenvalue weighted by Gasteiger charge is -2.31. The van der Waals surface area contributed by atoms with Crippen molar-refractivity contribution in [2.75, 3.05) is 6.54 Å². The highest BCUT2D eigenvalue weighted by Gasteiger charge is 2.33. The molecule has 158 valence electrons. The molecule has 9 heteroatoms. The van der Waals surface area contributed by atoms with Gasteiger partial charge in [-0.2, -0.15) is 5.26 Å². The molecule has 1 aliphatic heterocycles. The fourth-order valence-electron chi connectivity index (χ4n) is 4.26. The van der Waals surface area contributed by atoms with Gasteiger partial charge in [0.25, 0.3) is 0 Å². The summed E-state index contributed by atoms with van der Waals surface area (Å²) >= 11 is 4.78. The first-order valence-corrected chi connectivity index (χ1v) is 11.8. The second-order valence-corrected chi connectivity index (χ2v) is 9.68. The number of halogens is 1. The van der Waals surface area contributed by atoms with Crippen LogP contribution in [0.5, 0.6) is 0 Å². The van der Waals surface area contributed by atoms with Crippen molar-refractivity contribution in [2.45, 2.75) is 31.3 Å². The van der Waals surface area contributed by atoms with Crippen molar-refractivity contribution in [1.82, 2.24) is 21.2 Å². The molecule has 1 saturated carbocycles. The molecule has 1 aromatic carbocycles. The van der Waals surface area contributed by atoms with E-state index in [2.05, 4.69) is 43.2 Å². The van der Waals surface area contributed by atoms with Gasteiger partial charge in [-0.1, -0.05) is 15.9 Å². The number of rotatable bonds is 4. The van der Waals surface area contributed by atoms with Crippen LogP contribution in [0.15, 0.2) is 49.5 Å². The minimum Gasteiger partial charge on any atom is -0.422 e. The minimum atomic E-state index is -0.443. The summed E-state index contributed by atoms with van der Waals surface area (Å²) in [5.41, 5.74) is 8.01. The first-order valence-electron chi connectivity index (χ1n) is 10.1. The Labute approximate surface area is 191 Å². The van der Waals surface area contributed by atoms with Crippen molar-refractivity contribution >= 4 is 43.8 Å². The standard InChI is InChI=1S/C22H20BrN5O2S/c23-15-2-4-20-13(5-15)6-17(22(29)30-20)19-11-31-21(27-19)14(8-24)9-25-16-3-1-12-10-26-28-18(12)7-16/h2,4-6,9,11-12,16,18,25-26,28H,1,3,7,10H2/b14-9+. The van der Waals surface area contributed by atoms with E-state index in [9.17, 15) is 10.1 Å². The van der Waals surface area contributed by atoms with Gasteiger partial charge in [-0.15, -0.1) is 11.3 Å². The molecule has 5 rings (SSSR count). The van der Waals surface area contributed by atoms with E-state index >= 15 is 0 Å². The molecule has 3 N–H and O–H groups in total. The van der Waals surface area contributed by atoms with Crippen molar-refractivity contribution in [2.24, 2.45) is 5.92 Å². The molecule has 0 spiro atoms. The van der Waals surface area contributed by atoms with Crippen LogP contribution in [0.25, 0.3) is 27.8 Å². The lowest BCUT2D eigenvalue weighted by Crippen LogP contribution is -2.42.